The zero-order chi connectivity index (χ0) is 14.9. The lowest BCUT2D eigenvalue weighted by molar-refractivity contribution is -0.151. The van der Waals surface area contributed by atoms with E-state index in [0.29, 0.717) is 11.0 Å². The van der Waals surface area contributed by atoms with Gasteiger partial charge in [0.15, 0.2) is 0 Å². The van der Waals surface area contributed by atoms with Gasteiger partial charge in [0.1, 0.15) is 11.9 Å². The average molecular weight is 344 g/mol. The Balaban J connectivity index is 2.24. The maximum absolute atomic E-state index is 13.1. The van der Waals surface area contributed by atoms with Crippen LogP contribution in [0.5, 0.6) is 0 Å². The number of hydrogen-bond acceptors (Lipinski definition) is 2. The number of halogens is 2. The highest BCUT2D eigenvalue weighted by atomic mass is 79.9. The smallest absolute Gasteiger partial charge is 0.321 e. The summed E-state index contributed by atoms with van der Waals surface area (Å²) in [5.74, 6) is -1.08. The molecule has 1 aliphatic rings. The zero-order valence-corrected chi connectivity index (χ0v) is 13.3. The number of carboxylic acid groups (broad SMARTS) is 1. The third-order valence-corrected chi connectivity index (χ3v) is 4.73. The minimum absolute atomic E-state index is 0.253. The van der Waals surface area contributed by atoms with Gasteiger partial charge in [0.25, 0.3) is 0 Å². The first-order valence-electron chi connectivity index (χ1n) is 6.72. The number of piperidine rings is 1. The van der Waals surface area contributed by atoms with E-state index in [4.69, 9.17) is 0 Å². The molecule has 1 aromatic carbocycles. The molecule has 1 fully saturated rings. The van der Waals surface area contributed by atoms with Crippen molar-refractivity contribution in [3.05, 3.63) is 34.1 Å². The molecule has 1 atom stereocenters. The third-order valence-electron chi connectivity index (χ3n) is 3.99. The van der Waals surface area contributed by atoms with Crippen LogP contribution in [-0.2, 0) is 11.3 Å². The van der Waals surface area contributed by atoms with Gasteiger partial charge in [-0.05, 0) is 42.5 Å². The minimum Gasteiger partial charge on any atom is -0.480 e. The second kappa shape index (κ2) is 5.82. The molecule has 0 bridgehead atoms. The first-order valence-corrected chi connectivity index (χ1v) is 7.51. The average Bonchev–Trinajstić information content (AvgIpc) is 2.31. The van der Waals surface area contributed by atoms with Gasteiger partial charge in [-0.1, -0.05) is 35.8 Å². The number of carbonyl (C=O) groups is 1. The van der Waals surface area contributed by atoms with E-state index in [1.807, 2.05) is 18.7 Å². The van der Waals surface area contributed by atoms with Crippen LogP contribution in [0.15, 0.2) is 22.7 Å². The van der Waals surface area contributed by atoms with Gasteiger partial charge < -0.3 is 5.11 Å². The minimum atomic E-state index is -0.784. The van der Waals surface area contributed by atoms with Gasteiger partial charge in [0, 0.05) is 11.0 Å². The monoisotopic (exact) mass is 343 g/mol. The maximum Gasteiger partial charge on any atom is 0.321 e. The number of likely N-dealkylation sites (tertiary alicyclic amines) is 1. The number of aliphatic carboxylic acids is 1. The Morgan fingerprint density at radius 1 is 1.55 bits per heavy atom. The van der Waals surface area contributed by atoms with Crippen molar-refractivity contribution in [2.45, 2.75) is 39.3 Å². The molecule has 5 heteroatoms. The molecule has 1 heterocycles. The molecule has 0 aliphatic carbocycles. The molecule has 1 N–H and O–H groups in total. The Hall–Kier alpha value is -0.940. The molecule has 20 heavy (non-hydrogen) atoms. The molecule has 1 aliphatic heterocycles. The Labute approximate surface area is 126 Å². The first kappa shape index (κ1) is 15.4. The van der Waals surface area contributed by atoms with Crippen LogP contribution >= 0.6 is 15.9 Å². The predicted octanol–water partition coefficient (Wildman–Crippen LogP) is 3.66. The van der Waals surface area contributed by atoms with Crippen LogP contribution < -0.4 is 0 Å². The number of benzene rings is 1. The van der Waals surface area contributed by atoms with Gasteiger partial charge in [0.05, 0.1) is 0 Å². The molecule has 0 radical (unpaired) electrons. The van der Waals surface area contributed by atoms with Crippen LogP contribution in [0.25, 0.3) is 0 Å². The Morgan fingerprint density at radius 3 is 2.85 bits per heavy atom. The summed E-state index contributed by atoms with van der Waals surface area (Å²) in [5.41, 5.74) is 0.659. The summed E-state index contributed by atoms with van der Waals surface area (Å²) in [6.45, 7) is 5.26. The highest BCUT2D eigenvalue weighted by molar-refractivity contribution is 9.10. The van der Waals surface area contributed by atoms with Crippen molar-refractivity contribution in [2.24, 2.45) is 5.41 Å². The highest BCUT2D eigenvalue weighted by Crippen LogP contribution is 2.36. The SMILES string of the molecule is CC1(C)CCCN(Cc2ccc(F)cc2Br)C1C(=O)O. The molecular weight excluding hydrogens is 325 g/mol. The largest absolute Gasteiger partial charge is 0.480 e. The zero-order valence-electron chi connectivity index (χ0n) is 11.7. The quantitative estimate of drug-likeness (QED) is 0.910. The van der Waals surface area contributed by atoms with Crippen molar-refractivity contribution in [3.63, 3.8) is 0 Å². The summed E-state index contributed by atoms with van der Waals surface area (Å²) in [7, 11) is 0. The second-order valence-corrected chi connectivity index (χ2v) is 6.89. The lowest BCUT2D eigenvalue weighted by Crippen LogP contribution is -2.53. The molecule has 0 spiro atoms. The molecule has 0 saturated carbocycles. The molecule has 3 nitrogen and oxygen atoms in total. The molecule has 1 aromatic rings. The van der Waals surface area contributed by atoms with Crippen LogP contribution in [0.1, 0.15) is 32.3 Å². The normalized spacial score (nSPS) is 22.7. The summed E-state index contributed by atoms with van der Waals surface area (Å²) in [6, 6.07) is 4.03. The highest BCUT2D eigenvalue weighted by Gasteiger charge is 2.42. The van der Waals surface area contributed by atoms with Crippen LogP contribution in [-0.4, -0.2) is 28.6 Å². The Morgan fingerprint density at radius 2 is 2.25 bits per heavy atom. The maximum atomic E-state index is 13.1. The van der Waals surface area contributed by atoms with E-state index >= 15 is 0 Å². The van der Waals surface area contributed by atoms with Crippen molar-refractivity contribution in [2.75, 3.05) is 6.54 Å². The predicted molar refractivity (Wildman–Crippen MR) is 78.9 cm³/mol. The van der Waals surface area contributed by atoms with E-state index in [2.05, 4.69) is 15.9 Å². The molecule has 1 unspecified atom stereocenters. The van der Waals surface area contributed by atoms with E-state index < -0.39 is 12.0 Å². The summed E-state index contributed by atoms with van der Waals surface area (Å²) in [6.07, 6.45) is 1.89. The van der Waals surface area contributed by atoms with Gasteiger partial charge in [-0.25, -0.2) is 4.39 Å². The van der Waals surface area contributed by atoms with Crippen molar-refractivity contribution >= 4 is 21.9 Å². The van der Waals surface area contributed by atoms with Crippen LogP contribution in [0.4, 0.5) is 4.39 Å². The number of rotatable bonds is 3. The summed E-state index contributed by atoms with van der Waals surface area (Å²) in [4.78, 5) is 13.6. The van der Waals surface area contributed by atoms with Gasteiger partial charge in [-0.15, -0.1) is 0 Å². The summed E-state index contributed by atoms with van der Waals surface area (Å²) < 4.78 is 13.8. The molecule has 0 amide bonds. The van der Waals surface area contributed by atoms with E-state index in [1.165, 1.54) is 12.1 Å². The van der Waals surface area contributed by atoms with Crippen molar-refractivity contribution in [1.29, 1.82) is 0 Å². The standard InChI is InChI=1S/C15H19BrFNO2/c1-15(2)6-3-7-18(13(15)14(19)20)9-10-4-5-11(17)8-12(10)16/h4-5,8,13H,3,6-7,9H2,1-2H3,(H,19,20). The van der Waals surface area contributed by atoms with Gasteiger partial charge >= 0.3 is 5.97 Å². The Bertz CT molecular complexity index is 519. The van der Waals surface area contributed by atoms with Gasteiger partial charge in [0.2, 0.25) is 0 Å². The first-order chi connectivity index (χ1) is 9.31. The van der Waals surface area contributed by atoms with Crippen molar-refractivity contribution in [3.8, 4) is 0 Å². The molecule has 0 aromatic heterocycles. The fourth-order valence-electron chi connectivity index (χ4n) is 3.03. The molecule has 1 saturated heterocycles. The van der Waals surface area contributed by atoms with E-state index in [1.54, 1.807) is 6.07 Å². The van der Waals surface area contributed by atoms with E-state index in [9.17, 15) is 14.3 Å². The summed E-state index contributed by atoms with van der Waals surface area (Å²) in [5, 5.41) is 9.52. The topological polar surface area (TPSA) is 40.5 Å². The lowest BCUT2D eigenvalue weighted by atomic mass is 9.76. The molecular formula is C15H19BrFNO2. The number of nitrogens with zero attached hydrogens (tertiary/aromatic N) is 1. The molecule has 110 valence electrons. The molecule has 2 rings (SSSR count). The van der Waals surface area contributed by atoms with E-state index in [-0.39, 0.29) is 11.2 Å². The fourth-order valence-corrected chi connectivity index (χ4v) is 3.50. The van der Waals surface area contributed by atoms with Crippen molar-refractivity contribution in [1.82, 2.24) is 4.90 Å². The number of carboxylic acids is 1. The summed E-state index contributed by atoms with van der Waals surface area (Å²) >= 11 is 3.35. The van der Waals surface area contributed by atoms with Crippen molar-refractivity contribution < 1.29 is 14.3 Å². The van der Waals surface area contributed by atoms with Crippen LogP contribution in [0.3, 0.4) is 0 Å². The fraction of sp³-hybridized carbons (Fsp3) is 0.533. The van der Waals surface area contributed by atoms with Gasteiger partial charge in [-0.3, -0.25) is 9.69 Å². The van der Waals surface area contributed by atoms with Gasteiger partial charge in [-0.2, -0.15) is 0 Å². The third kappa shape index (κ3) is 3.20. The number of hydrogen-bond donors (Lipinski definition) is 1. The van der Waals surface area contributed by atoms with Crippen LogP contribution in [0.2, 0.25) is 0 Å². The van der Waals surface area contributed by atoms with Crippen LogP contribution in [0, 0.1) is 11.2 Å². The second-order valence-electron chi connectivity index (χ2n) is 6.04. The lowest BCUT2D eigenvalue weighted by Gasteiger charge is -2.44. The Kier molecular flexibility index (Phi) is 4.49. The van der Waals surface area contributed by atoms with E-state index in [0.717, 1.165) is 24.9 Å².